The average Bonchev–Trinajstić information content (AvgIpc) is 3.30. The van der Waals surface area contributed by atoms with Crippen LogP contribution in [-0.2, 0) is 20.0 Å². The van der Waals surface area contributed by atoms with Crippen molar-refractivity contribution in [2.75, 3.05) is 48.4 Å². The Morgan fingerprint density at radius 2 is 0.703 bits per heavy atom. The third-order valence-corrected chi connectivity index (χ3v) is 13.5. The van der Waals surface area contributed by atoms with Gasteiger partial charge in [0, 0.05) is 33.4 Å². The van der Waals surface area contributed by atoms with E-state index in [-0.39, 0.29) is 93.1 Å². The molecule has 6 aromatic rings. The quantitative estimate of drug-likeness (QED) is 0.0864. The van der Waals surface area contributed by atoms with Crippen molar-refractivity contribution >= 4 is 54.6 Å². The molecule has 16 heteroatoms. The van der Waals surface area contributed by atoms with Crippen LogP contribution in [0, 0.1) is 0 Å². The Hall–Kier alpha value is -7.30. The van der Waals surface area contributed by atoms with E-state index in [0.29, 0.717) is 23.0 Å². The van der Waals surface area contributed by atoms with Gasteiger partial charge in [-0.15, -0.1) is 0 Å². The zero-order valence-corrected chi connectivity index (χ0v) is 36.1. The Labute approximate surface area is 369 Å². The molecule has 0 aliphatic heterocycles. The smallest absolute Gasteiger partial charge is 0.232 e. The predicted molar refractivity (Wildman–Crippen MR) is 240 cm³/mol. The number of carbonyl (C=O) groups is 4. The Balaban J connectivity index is 1.14. The van der Waals surface area contributed by atoms with Gasteiger partial charge in [0.25, 0.3) is 0 Å². The lowest BCUT2D eigenvalue weighted by molar-refractivity contribution is 0.0978. The molecule has 8 rings (SSSR count). The summed E-state index contributed by atoms with van der Waals surface area (Å²) in [6, 6.07) is 31.3. The number of sulfonamides is 2. The van der Waals surface area contributed by atoms with Crippen molar-refractivity contribution < 1.29 is 55.0 Å². The molecule has 2 aliphatic carbocycles. The summed E-state index contributed by atoms with van der Waals surface area (Å²) in [6.07, 6.45) is 0.156. The topological polar surface area (TPSA) is 198 Å². The summed E-state index contributed by atoms with van der Waals surface area (Å²) in [5.41, 5.74) is -0.891. The van der Waals surface area contributed by atoms with Crippen LogP contribution in [0.3, 0.4) is 0 Å². The number of methoxy groups -OCH3 is 2. The number of carbonyl (C=O) groups excluding carboxylic acids is 4. The van der Waals surface area contributed by atoms with Crippen molar-refractivity contribution in [2.24, 2.45) is 0 Å². The number of anilines is 2. The van der Waals surface area contributed by atoms with Gasteiger partial charge in [-0.05, 0) is 84.6 Å². The van der Waals surface area contributed by atoms with E-state index in [9.17, 15) is 36.0 Å². The van der Waals surface area contributed by atoms with Gasteiger partial charge in [-0.2, -0.15) is 0 Å². The molecular weight excluding hydrogens is 861 g/mol. The predicted octanol–water partition coefficient (Wildman–Crippen LogP) is 7.34. The summed E-state index contributed by atoms with van der Waals surface area (Å²) >= 11 is 0. The highest BCUT2D eigenvalue weighted by molar-refractivity contribution is 7.93. The van der Waals surface area contributed by atoms with E-state index in [1.807, 2.05) is 0 Å². The lowest BCUT2D eigenvalue weighted by Gasteiger charge is -2.27. The number of rotatable bonds is 17. The van der Waals surface area contributed by atoms with Crippen molar-refractivity contribution in [1.29, 1.82) is 0 Å². The van der Waals surface area contributed by atoms with Crippen LogP contribution in [0.5, 0.6) is 23.0 Å². The molecule has 0 saturated carbocycles. The molecule has 0 radical (unpaired) electrons. The first-order chi connectivity index (χ1) is 30.8. The maximum Gasteiger partial charge on any atom is 0.232 e. The highest BCUT2D eigenvalue weighted by atomic mass is 32.2. The first-order valence-corrected chi connectivity index (χ1v) is 23.4. The number of fused-ring (bicyclic) bond motifs is 4. The summed E-state index contributed by atoms with van der Waals surface area (Å²) in [4.78, 5) is 57.8. The maximum atomic E-state index is 14.5. The number of nitrogens with one attached hydrogen (secondary N) is 2. The van der Waals surface area contributed by atoms with Crippen LogP contribution in [0.1, 0.15) is 76.5 Å². The Morgan fingerprint density at radius 3 is 1.03 bits per heavy atom. The maximum absolute atomic E-state index is 14.5. The summed E-state index contributed by atoms with van der Waals surface area (Å²) < 4.78 is 80.9. The van der Waals surface area contributed by atoms with Crippen molar-refractivity contribution in [2.45, 2.75) is 12.8 Å². The Bertz CT molecular complexity index is 2870. The summed E-state index contributed by atoms with van der Waals surface area (Å²) in [5, 5.41) is 0. The van der Waals surface area contributed by atoms with Crippen LogP contribution in [0.4, 0.5) is 11.4 Å². The molecule has 6 aromatic carbocycles. The molecule has 0 aromatic heterocycles. The molecule has 0 heterocycles. The second kappa shape index (κ2) is 17.8. The second-order valence-electron chi connectivity index (χ2n) is 14.8. The molecule has 0 spiro atoms. The van der Waals surface area contributed by atoms with Crippen molar-refractivity contribution in [3.05, 3.63) is 166 Å². The monoisotopic (exact) mass is 900 g/mol. The van der Waals surface area contributed by atoms with Gasteiger partial charge in [0.2, 0.25) is 20.0 Å². The second-order valence-corrected chi connectivity index (χ2v) is 18.5. The molecule has 0 amide bonds. The first kappa shape index (κ1) is 43.4. The van der Waals surface area contributed by atoms with Crippen LogP contribution in [0.25, 0.3) is 11.1 Å². The van der Waals surface area contributed by atoms with E-state index in [4.69, 9.17) is 18.9 Å². The van der Waals surface area contributed by atoms with Crippen LogP contribution in [0.2, 0.25) is 0 Å². The lowest BCUT2D eigenvalue weighted by Crippen LogP contribution is -2.27. The van der Waals surface area contributed by atoms with E-state index in [1.165, 1.54) is 62.8 Å². The molecule has 0 unspecified atom stereocenters. The Kier molecular flexibility index (Phi) is 12.1. The molecule has 0 fully saturated rings. The van der Waals surface area contributed by atoms with E-state index >= 15 is 0 Å². The summed E-state index contributed by atoms with van der Waals surface area (Å²) in [6.45, 7) is 0.114. The van der Waals surface area contributed by atoms with Crippen molar-refractivity contribution in [3.8, 4) is 34.1 Å². The average molecular weight is 901 g/mol. The highest BCUT2D eigenvalue weighted by Crippen LogP contribution is 2.44. The zero-order valence-electron chi connectivity index (χ0n) is 34.5. The number of benzene rings is 6. The van der Waals surface area contributed by atoms with Gasteiger partial charge in [-0.3, -0.25) is 28.6 Å². The molecule has 0 atom stereocenters. The number of ketones is 4. The molecule has 0 saturated heterocycles. The van der Waals surface area contributed by atoms with E-state index in [0.717, 1.165) is 0 Å². The molecular formula is C48H40N2O12S2. The molecule has 326 valence electrons. The highest BCUT2D eigenvalue weighted by Gasteiger charge is 2.39. The van der Waals surface area contributed by atoms with E-state index in [2.05, 4.69) is 9.44 Å². The third-order valence-electron chi connectivity index (χ3n) is 10.7. The van der Waals surface area contributed by atoms with Gasteiger partial charge >= 0.3 is 0 Å². The van der Waals surface area contributed by atoms with Gasteiger partial charge in [0.1, 0.15) is 23.0 Å². The number of hydrogen-bond acceptors (Lipinski definition) is 12. The van der Waals surface area contributed by atoms with Gasteiger partial charge in [0.05, 0.1) is 61.4 Å². The lowest BCUT2D eigenvalue weighted by atomic mass is 9.76. The molecule has 14 nitrogen and oxygen atoms in total. The van der Waals surface area contributed by atoms with E-state index in [1.54, 1.807) is 72.8 Å². The van der Waals surface area contributed by atoms with E-state index < -0.39 is 54.7 Å². The molecule has 0 bridgehead atoms. The number of ether oxygens (including phenoxy) is 4. The fourth-order valence-electron chi connectivity index (χ4n) is 7.72. The minimum atomic E-state index is -4.13. The van der Waals surface area contributed by atoms with Crippen molar-refractivity contribution in [1.82, 2.24) is 0 Å². The normalized spacial score (nSPS) is 13.0. The third kappa shape index (κ3) is 8.69. The standard InChI is InChI=1S/C48H40N2O12S2/c1-59-29-13-17-31(18-14-29)61-25-7-27-63(55,56)49-39-23-21-33(41-43(39)47(53)37-11-5-3-9-35(37)45(41)51)34-22-24-40(44-42(34)46(52)36-10-4-6-12-38(36)48(44)54)50-64(57,58)28-8-26-62-32-19-15-30(60-2)16-20-32/h3-6,9-24,49-50H,7-8,25-28H2,1-2H3. The number of hydrogen-bond donors (Lipinski definition) is 2. The minimum absolute atomic E-state index is 0.0480. The van der Waals surface area contributed by atoms with Crippen LogP contribution < -0.4 is 28.4 Å². The minimum Gasteiger partial charge on any atom is -0.497 e. The van der Waals surface area contributed by atoms with Crippen molar-refractivity contribution in [3.63, 3.8) is 0 Å². The largest absolute Gasteiger partial charge is 0.497 e. The Morgan fingerprint density at radius 1 is 0.391 bits per heavy atom. The first-order valence-electron chi connectivity index (χ1n) is 20.0. The van der Waals surface area contributed by atoms with Crippen LogP contribution >= 0.6 is 0 Å². The van der Waals surface area contributed by atoms with Gasteiger partial charge < -0.3 is 18.9 Å². The summed E-state index contributed by atoms with van der Waals surface area (Å²) in [7, 11) is -5.19. The van der Waals surface area contributed by atoms with Gasteiger partial charge in [-0.1, -0.05) is 60.7 Å². The molecule has 2 aliphatic rings. The molecule has 2 N–H and O–H groups in total. The fraction of sp³-hybridized carbons (Fsp3) is 0.167. The SMILES string of the molecule is COc1ccc(OCCCS(=O)(=O)Nc2ccc(-c3ccc(NS(=O)(=O)CCCOc4ccc(OC)cc4)c4c3C(=O)c3ccccc3C4=O)c3c2C(=O)c2ccccc2C3=O)cc1. The fourth-order valence-corrected chi connectivity index (χ4v) is 9.93. The summed E-state index contributed by atoms with van der Waals surface area (Å²) in [5.74, 6) is -1.03. The van der Waals surface area contributed by atoms with Crippen LogP contribution in [-0.4, -0.2) is 78.9 Å². The van der Waals surface area contributed by atoms with Crippen LogP contribution in [0.15, 0.2) is 121 Å². The van der Waals surface area contributed by atoms with Gasteiger partial charge in [0.15, 0.2) is 23.1 Å². The zero-order chi connectivity index (χ0) is 45.2. The molecule has 64 heavy (non-hydrogen) atoms. The van der Waals surface area contributed by atoms with Gasteiger partial charge in [-0.25, -0.2) is 16.8 Å².